The molecular weight excluding hydrogens is 298 g/mol. The van der Waals surface area contributed by atoms with Gasteiger partial charge in [-0.15, -0.1) is 11.6 Å². The molecule has 1 aromatic carbocycles. The van der Waals surface area contributed by atoms with Gasteiger partial charge in [0.1, 0.15) is 5.75 Å². The number of halogens is 1. The van der Waals surface area contributed by atoms with E-state index < -0.39 is 10.0 Å². The van der Waals surface area contributed by atoms with E-state index in [1.54, 1.807) is 25.2 Å². The number of hydrogen-bond acceptors (Lipinski definition) is 3. The molecule has 0 bridgehead atoms. The lowest BCUT2D eigenvalue weighted by Gasteiger charge is -2.18. The van der Waals surface area contributed by atoms with Gasteiger partial charge in [-0.25, -0.2) is 12.7 Å². The van der Waals surface area contributed by atoms with Gasteiger partial charge < -0.3 is 4.74 Å². The molecule has 0 unspecified atom stereocenters. The summed E-state index contributed by atoms with van der Waals surface area (Å²) in [6, 6.07) is 4.83. The van der Waals surface area contributed by atoms with Crippen molar-refractivity contribution >= 4 is 21.6 Å². The van der Waals surface area contributed by atoms with Crippen LogP contribution in [0.2, 0.25) is 0 Å². The number of benzene rings is 1. The minimum absolute atomic E-state index is 0.220. The molecule has 4 nitrogen and oxygen atoms in total. The Morgan fingerprint density at radius 2 is 2.00 bits per heavy atom. The second kappa shape index (κ2) is 7.86. The van der Waals surface area contributed by atoms with Crippen LogP contribution in [0.3, 0.4) is 0 Å². The highest BCUT2D eigenvalue weighted by Crippen LogP contribution is 2.25. The van der Waals surface area contributed by atoms with Gasteiger partial charge in [0.2, 0.25) is 10.0 Å². The Kier molecular flexibility index (Phi) is 6.79. The zero-order chi connectivity index (χ0) is 15.2. The number of rotatable bonds is 8. The lowest BCUT2D eigenvalue weighted by atomic mass is 10.2. The van der Waals surface area contributed by atoms with Crippen molar-refractivity contribution in [2.75, 3.05) is 20.2 Å². The average molecular weight is 320 g/mol. The maximum atomic E-state index is 12.4. The Bertz CT molecular complexity index is 531. The average Bonchev–Trinajstić information content (AvgIpc) is 2.45. The van der Waals surface area contributed by atoms with Gasteiger partial charge in [0, 0.05) is 19.2 Å². The third-order valence-corrected chi connectivity index (χ3v) is 5.15. The van der Waals surface area contributed by atoms with Gasteiger partial charge in [0.05, 0.1) is 17.4 Å². The van der Waals surface area contributed by atoms with E-state index in [4.69, 9.17) is 16.3 Å². The van der Waals surface area contributed by atoms with Crippen LogP contribution in [0.1, 0.15) is 32.3 Å². The molecule has 0 aliphatic carbocycles. The molecule has 1 rings (SSSR count). The molecule has 0 aromatic heterocycles. The summed E-state index contributed by atoms with van der Waals surface area (Å²) in [5, 5.41) is 0. The Hall–Kier alpha value is -0.780. The Morgan fingerprint density at radius 1 is 1.30 bits per heavy atom. The monoisotopic (exact) mass is 319 g/mol. The van der Waals surface area contributed by atoms with Gasteiger partial charge in [-0.1, -0.05) is 13.3 Å². The van der Waals surface area contributed by atoms with Gasteiger partial charge in [-0.2, -0.15) is 0 Å². The molecular formula is C14H22ClNO3S. The van der Waals surface area contributed by atoms with Crippen LogP contribution in [-0.2, 0) is 15.9 Å². The summed E-state index contributed by atoms with van der Waals surface area (Å²) in [5.74, 6) is 0.856. The first-order valence-electron chi connectivity index (χ1n) is 6.75. The summed E-state index contributed by atoms with van der Waals surface area (Å²) >= 11 is 5.86. The first-order valence-corrected chi connectivity index (χ1v) is 8.72. The van der Waals surface area contributed by atoms with E-state index >= 15 is 0 Å². The van der Waals surface area contributed by atoms with E-state index in [1.165, 1.54) is 4.31 Å². The molecule has 0 atom stereocenters. The summed E-state index contributed by atoms with van der Waals surface area (Å²) in [6.07, 6.45) is 1.80. The van der Waals surface area contributed by atoms with Gasteiger partial charge in [-0.3, -0.25) is 0 Å². The number of hydrogen-bond donors (Lipinski definition) is 0. The van der Waals surface area contributed by atoms with Crippen molar-refractivity contribution in [3.8, 4) is 5.75 Å². The molecule has 0 fully saturated rings. The van der Waals surface area contributed by atoms with Crippen molar-refractivity contribution in [2.24, 2.45) is 0 Å². The minimum atomic E-state index is -3.46. The zero-order valence-corrected chi connectivity index (χ0v) is 13.8. The van der Waals surface area contributed by atoms with Crippen molar-refractivity contribution in [3.63, 3.8) is 0 Å². The van der Waals surface area contributed by atoms with Crippen LogP contribution < -0.4 is 4.74 Å². The van der Waals surface area contributed by atoms with Crippen LogP contribution in [0.5, 0.6) is 5.75 Å². The maximum absolute atomic E-state index is 12.4. The number of unbranched alkanes of at least 4 members (excludes halogenated alkanes) is 1. The molecule has 20 heavy (non-hydrogen) atoms. The van der Waals surface area contributed by atoms with E-state index in [1.807, 2.05) is 13.8 Å². The van der Waals surface area contributed by atoms with Gasteiger partial charge in [-0.05, 0) is 31.5 Å². The van der Waals surface area contributed by atoms with Crippen molar-refractivity contribution in [2.45, 2.75) is 37.5 Å². The standard InChI is InChI=1S/C14H22ClNO3S/c1-4-6-9-16(3)20(17,18)13-7-8-14(19-5-2)12(10-13)11-15/h7-8,10H,4-6,9,11H2,1-3H3. The smallest absolute Gasteiger partial charge is 0.242 e. The molecule has 0 radical (unpaired) electrons. The van der Waals surface area contributed by atoms with Crippen molar-refractivity contribution in [1.29, 1.82) is 0 Å². The zero-order valence-electron chi connectivity index (χ0n) is 12.2. The van der Waals surface area contributed by atoms with Crippen LogP contribution in [0, 0.1) is 0 Å². The predicted molar refractivity (Wildman–Crippen MR) is 81.9 cm³/mol. The number of alkyl halides is 1. The molecule has 1 aromatic rings. The molecule has 0 amide bonds. The van der Waals surface area contributed by atoms with Gasteiger partial charge in [0.15, 0.2) is 0 Å². The van der Waals surface area contributed by atoms with E-state index in [0.29, 0.717) is 24.5 Å². The van der Waals surface area contributed by atoms with Crippen LogP contribution in [-0.4, -0.2) is 32.9 Å². The second-order valence-corrected chi connectivity index (χ2v) is 6.83. The summed E-state index contributed by atoms with van der Waals surface area (Å²) in [5.41, 5.74) is 0.693. The number of ether oxygens (including phenoxy) is 1. The Balaban J connectivity index is 3.06. The van der Waals surface area contributed by atoms with Gasteiger partial charge >= 0.3 is 0 Å². The van der Waals surface area contributed by atoms with Crippen LogP contribution in [0.4, 0.5) is 0 Å². The fourth-order valence-corrected chi connectivity index (χ4v) is 3.27. The highest BCUT2D eigenvalue weighted by Gasteiger charge is 2.21. The maximum Gasteiger partial charge on any atom is 0.242 e. The van der Waals surface area contributed by atoms with Crippen molar-refractivity contribution < 1.29 is 13.2 Å². The molecule has 0 heterocycles. The highest BCUT2D eigenvalue weighted by molar-refractivity contribution is 7.89. The molecule has 6 heteroatoms. The normalized spacial score (nSPS) is 11.8. The summed E-state index contributed by atoms with van der Waals surface area (Å²) in [4.78, 5) is 0.259. The van der Waals surface area contributed by atoms with Crippen LogP contribution in [0.25, 0.3) is 0 Å². The lowest BCUT2D eigenvalue weighted by molar-refractivity contribution is 0.337. The van der Waals surface area contributed by atoms with Gasteiger partial charge in [0.25, 0.3) is 0 Å². The first-order chi connectivity index (χ1) is 9.47. The largest absolute Gasteiger partial charge is 0.494 e. The number of sulfonamides is 1. The van der Waals surface area contributed by atoms with E-state index in [9.17, 15) is 8.42 Å². The predicted octanol–water partition coefficient (Wildman–Crippen LogP) is 3.24. The summed E-state index contributed by atoms with van der Waals surface area (Å²) < 4.78 is 31.6. The summed E-state index contributed by atoms with van der Waals surface area (Å²) in [7, 11) is -1.86. The second-order valence-electron chi connectivity index (χ2n) is 4.52. The fourth-order valence-electron chi connectivity index (χ4n) is 1.80. The Labute approximate surface area is 126 Å². The van der Waals surface area contributed by atoms with Crippen molar-refractivity contribution in [3.05, 3.63) is 23.8 Å². The molecule has 0 spiro atoms. The molecule has 0 aliphatic heterocycles. The molecule has 0 aliphatic rings. The fraction of sp³-hybridized carbons (Fsp3) is 0.571. The van der Waals surface area contributed by atoms with E-state index in [2.05, 4.69) is 0 Å². The number of nitrogens with zero attached hydrogens (tertiary/aromatic N) is 1. The van der Waals surface area contributed by atoms with Crippen LogP contribution >= 0.6 is 11.6 Å². The highest BCUT2D eigenvalue weighted by atomic mass is 35.5. The summed E-state index contributed by atoms with van der Waals surface area (Å²) in [6.45, 7) is 4.94. The Morgan fingerprint density at radius 3 is 2.55 bits per heavy atom. The van der Waals surface area contributed by atoms with Crippen molar-refractivity contribution in [1.82, 2.24) is 4.31 Å². The van der Waals surface area contributed by atoms with E-state index in [0.717, 1.165) is 12.8 Å². The van der Waals surface area contributed by atoms with Crippen LogP contribution in [0.15, 0.2) is 23.1 Å². The van der Waals surface area contributed by atoms with E-state index in [-0.39, 0.29) is 10.8 Å². The topological polar surface area (TPSA) is 46.6 Å². The lowest BCUT2D eigenvalue weighted by Crippen LogP contribution is -2.28. The third-order valence-electron chi connectivity index (χ3n) is 3.01. The molecule has 0 saturated carbocycles. The molecule has 0 N–H and O–H groups in total. The molecule has 0 saturated heterocycles. The first kappa shape index (κ1) is 17.3. The quantitative estimate of drug-likeness (QED) is 0.691. The minimum Gasteiger partial charge on any atom is -0.494 e. The molecule has 114 valence electrons. The SMILES string of the molecule is CCCCN(C)S(=O)(=O)c1ccc(OCC)c(CCl)c1. The third kappa shape index (κ3) is 4.11.